The molecule has 0 saturated carbocycles. The number of aryl methyl sites for hydroxylation is 1. The Bertz CT molecular complexity index is 1000. The van der Waals surface area contributed by atoms with Crippen LogP contribution < -0.4 is 8.92 Å². The molecule has 0 amide bonds. The molecule has 0 heterocycles. The van der Waals surface area contributed by atoms with Crippen LogP contribution in [-0.2, 0) is 22.6 Å². The van der Waals surface area contributed by atoms with Gasteiger partial charge in [-0.25, -0.2) is 0 Å². The molecule has 0 radical (unpaired) electrons. The van der Waals surface area contributed by atoms with Crippen LogP contribution in [0.25, 0.3) is 0 Å². The lowest BCUT2D eigenvalue weighted by atomic mass is 10.2. The predicted molar refractivity (Wildman–Crippen MR) is 106 cm³/mol. The number of hydrogen-bond acceptors (Lipinski definition) is 4. The standard InChI is InChI=1S/C21H19ClO4S/c1-16-7-10-20(11-8-16)27(23,24)26-19-9-12-21(18(13-19)14-22)25-15-17-5-3-2-4-6-17/h2-13H,14-15H2,1H3. The van der Waals surface area contributed by atoms with Crippen molar-refractivity contribution >= 4 is 21.7 Å². The van der Waals surface area contributed by atoms with Gasteiger partial charge in [-0.15, -0.1) is 11.6 Å². The van der Waals surface area contributed by atoms with Gasteiger partial charge < -0.3 is 8.92 Å². The average Bonchev–Trinajstić information content (AvgIpc) is 2.67. The van der Waals surface area contributed by atoms with E-state index in [0.717, 1.165) is 11.1 Å². The van der Waals surface area contributed by atoms with E-state index in [1.165, 1.54) is 12.1 Å². The van der Waals surface area contributed by atoms with E-state index >= 15 is 0 Å². The molecule has 0 aliphatic heterocycles. The van der Waals surface area contributed by atoms with Crippen LogP contribution >= 0.6 is 11.6 Å². The van der Waals surface area contributed by atoms with Crippen LogP contribution in [0.4, 0.5) is 0 Å². The first kappa shape index (κ1) is 19.3. The molecule has 0 aliphatic rings. The normalized spacial score (nSPS) is 11.2. The zero-order chi connectivity index (χ0) is 19.3. The number of rotatable bonds is 7. The monoisotopic (exact) mass is 402 g/mol. The summed E-state index contributed by atoms with van der Waals surface area (Å²) >= 11 is 6.01. The van der Waals surface area contributed by atoms with E-state index < -0.39 is 10.1 Å². The maximum absolute atomic E-state index is 12.4. The highest BCUT2D eigenvalue weighted by atomic mass is 35.5. The van der Waals surface area contributed by atoms with Crippen LogP contribution in [0.15, 0.2) is 77.7 Å². The number of ether oxygens (including phenoxy) is 1. The second kappa shape index (κ2) is 8.46. The van der Waals surface area contributed by atoms with Crippen LogP contribution in [0.1, 0.15) is 16.7 Å². The number of benzene rings is 3. The summed E-state index contributed by atoms with van der Waals surface area (Å²) < 4.78 is 35.9. The van der Waals surface area contributed by atoms with Gasteiger partial charge in [0.2, 0.25) is 0 Å². The molecular weight excluding hydrogens is 384 g/mol. The van der Waals surface area contributed by atoms with Crippen LogP contribution in [0.2, 0.25) is 0 Å². The van der Waals surface area contributed by atoms with Crippen molar-refractivity contribution in [3.05, 3.63) is 89.5 Å². The van der Waals surface area contributed by atoms with Gasteiger partial charge >= 0.3 is 10.1 Å². The Morgan fingerprint density at radius 1 is 0.926 bits per heavy atom. The zero-order valence-corrected chi connectivity index (χ0v) is 16.3. The molecule has 3 aromatic carbocycles. The molecule has 0 atom stereocenters. The highest BCUT2D eigenvalue weighted by molar-refractivity contribution is 7.87. The van der Waals surface area contributed by atoms with Crippen LogP contribution in [0.5, 0.6) is 11.5 Å². The lowest BCUT2D eigenvalue weighted by molar-refractivity contribution is 0.303. The molecule has 0 bridgehead atoms. The second-order valence-electron chi connectivity index (χ2n) is 6.03. The molecule has 140 valence electrons. The van der Waals surface area contributed by atoms with E-state index in [0.29, 0.717) is 17.9 Å². The first-order valence-corrected chi connectivity index (χ1v) is 10.3. The van der Waals surface area contributed by atoms with Crippen LogP contribution in [-0.4, -0.2) is 8.42 Å². The maximum Gasteiger partial charge on any atom is 0.339 e. The third kappa shape index (κ3) is 5.02. The Morgan fingerprint density at radius 2 is 1.63 bits per heavy atom. The average molecular weight is 403 g/mol. The van der Waals surface area contributed by atoms with Crippen molar-refractivity contribution in [1.82, 2.24) is 0 Å². The van der Waals surface area contributed by atoms with E-state index in [-0.39, 0.29) is 16.5 Å². The fourth-order valence-electron chi connectivity index (χ4n) is 2.47. The van der Waals surface area contributed by atoms with Crippen molar-refractivity contribution in [3.8, 4) is 11.5 Å². The van der Waals surface area contributed by atoms with E-state index in [1.54, 1.807) is 30.3 Å². The van der Waals surface area contributed by atoms with Crippen molar-refractivity contribution in [2.75, 3.05) is 0 Å². The van der Waals surface area contributed by atoms with Crippen LogP contribution in [0.3, 0.4) is 0 Å². The number of alkyl halides is 1. The Morgan fingerprint density at radius 3 is 2.30 bits per heavy atom. The summed E-state index contributed by atoms with van der Waals surface area (Å²) in [6.07, 6.45) is 0. The molecule has 3 aromatic rings. The SMILES string of the molecule is Cc1ccc(S(=O)(=O)Oc2ccc(OCc3ccccc3)c(CCl)c2)cc1. The van der Waals surface area contributed by atoms with E-state index in [1.807, 2.05) is 37.3 Å². The molecule has 6 heteroatoms. The van der Waals surface area contributed by atoms with Crippen molar-refractivity contribution < 1.29 is 17.3 Å². The maximum atomic E-state index is 12.4. The van der Waals surface area contributed by atoms with Gasteiger partial charge in [0.05, 0.1) is 5.88 Å². The van der Waals surface area contributed by atoms with Crippen LogP contribution in [0, 0.1) is 6.92 Å². The van der Waals surface area contributed by atoms with Gasteiger partial charge in [0.25, 0.3) is 0 Å². The summed E-state index contributed by atoms with van der Waals surface area (Å²) in [5.41, 5.74) is 2.66. The molecular formula is C21H19ClO4S. The fraction of sp³-hybridized carbons (Fsp3) is 0.143. The Hall–Kier alpha value is -2.50. The van der Waals surface area contributed by atoms with Gasteiger partial charge in [-0.2, -0.15) is 8.42 Å². The zero-order valence-electron chi connectivity index (χ0n) is 14.8. The van der Waals surface area contributed by atoms with Gasteiger partial charge in [0, 0.05) is 5.56 Å². The Kier molecular flexibility index (Phi) is 6.04. The summed E-state index contributed by atoms with van der Waals surface area (Å²) in [6, 6.07) is 21.0. The molecule has 0 saturated heterocycles. The Balaban J connectivity index is 1.76. The van der Waals surface area contributed by atoms with E-state index in [2.05, 4.69) is 0 Å². The number of hydrogen-bond donors (Lipinski definition) is 0. The van der Waals surface area contributed by atoms with Crippen molar-refractivity contribution in [2.45, 2.75) is 24.3 Å². The summed E-state index contributed by atoms with van der Waals surface area (Å²) in [5.74, 6) is 0.957. The molecule has 0 fully saturated rings. The summed E-state index contributed by atoms with van der Waals surface area (Å²) in [7, 11) is -3.91. The summed E-state index contributed by atoms with van der Waals surface area (Å²) in [5, 5.41) is 0. The first-order valence-electron chi connectivity index (χ1n) is 8.35. The highest BCUT2D eigenvalue weighted by Crippen LogP contribution is 2.28. The lowest BCUT2D eigenvalue weighted by Gasteiger charge is -2.13. The smallest absolute Gasteiger partial charge is 0.339 e. The quantitative estimate of drug-likeness (QED) is 0.408. The third-order valence-corrected chi connectivity index (χ3v) is 5.48. The minimum absolute atomic E-state index is 0.102. The molecule has 3 rings (SSSR count). The third-order valence-electron chi connectivity index (χ3n) is 3.93. The summed E-state index contributed by atoms with van der Waals surface area (Å²) in [4.78, 5) is 0.102. The number of halogens is 1. The first-order chi connectivity index (χ1) is 13.0. The highest BCUT2D eigenvalue weighted by Gasteiger charge is 2.17. The molecule has 0 spiro atoms. The van der Waals surface area contributed by atoms with E-state index in [4.69, 9.17) is 20.5 Å². The molecule has 0 unspecified atom stereocenters. The molecule has 27 heavy (non-hydrogen) atoms. The predicted octanol–water partition coefficient (Wildman–Crippen LogP) is 5.08. The fourth-order valence-corrected chi connectivity index (χ4v) is 3.60. The molecule has 0 N–H and O–H groups in total. The van der Waals surface area contributed by atoms with Gasteiger partial charge in [0.1, 0.15) is 23.0 Å². The minimum Gasteiger partial charge on any atom is -0.489 e. The summed E-state index contributed by atoms with van der Waals surface area (Å²) in [6.45, 7) is 2.28. The van der Waals surface area contributed by atoms with Crippen molar-refractivity contribution in [1.29, 1.82) is 0 Å². The second-order valence-corrected chi connectivity index (χ2v) is 7.84. The van der Waals surface area contributed by atoms with Gasteiger partial charge in [-0.3, -0.25) is 0 Å². The molecule has 4 nitrogen and oxygen atoms in total. The topological polar surface area (TPSA) is 52.6 Å². The lowest BCUT2D eigenvalue weighted by Crippen LogP contribution is -2.10. The largest absolute Gasteiger partial charge is 0.489 e. The molecule has 0 aliphatic carbocycles. The van der Waals surface area contributed by atoms with Crippen molar-refractivity contribution in [2.24, 2.45) is 0 Å². The molecule has 0 aromatic heterocycles. The van der Waals surface area contributed by atoms with Crippen molar-refractivity contribution in [3.63, 3.8) is 0 Å². The minimum atomic E-state index is -3.91. The van der Waals surface area contributed by atoms with Gasteiger partial charge in [0.15, 0.2) is 0 Å². The van der Waals surface area contributed by atoms with E-state index in [9.17, 15) is 8.42 Å². The van der Waals surface area contributed by atoms with Gasteiger partial charge in [-0.1, -0.05) is 48.0 Å². The van der Waals surface area contributed by atoms with Gasteiger partial charge in [-0.05, 0) is 42.8 Å². The Labute approximate surface area is 164 Å².